The Morgan fingerprint density at radius 3 is 2.42 bits per heavy atom. The van der Waals surface area contributed by atoms with Crippen molar-refractivity contribution in [3.8, 4) is 0 Å². The lowest BCUT2D eigenvalue weighted by Gasteiger charge is -2.17. The van der Waals surface area contributed by atoms with Crippen LogP contribution in [0.25, 0.3) is 0 Å². The monoisotopic (exact) mass is 496 g/mol. The highest BCUT2D eigenvalue weighted by molar-refractivity contribution is 14.0. The maximum absolute atomic E-state index is 11.9. The fourth-order valence-corrected chi connectivity index (χ4v) is 2.83. The standard InChI is InChI=1S/C17H28N4O3S.HI/c1-4-18-17(21-14(2)10-13-25(3,23)24)20-12-11-19-16(22)15-8-6-5-7-9-15;/h5-9,14H,4,10-13H2,1-3H3,(H,19,22)(H2,18,20,21);1H. The summed E-state index contributed by atoms with van der Waals surface area (Å²) < 4.78 is 22.5. The Bertz CT molecular complexity index is 666. The molecule has 1 aromatic carbocycles. The minimum absolute atomic E-state index is 0. The number of rotatable bonds is 9. The second-order valence-electron chi connectivity index (χ2n) is 5.85. The molecule has 0 saturated heterocycles. The number of halogens is 1. The SMILES string of the molecule is CCNC(=NCCNC(=O)c1ccccc1)NC(C)CCS(C)(=O)=O.I. The Labute approximate surface area is 173 Å². The van der Waals surface area contributed by atoms with E-state index in [0.717, 1.165) is 0 Å². The van der Waals surface area contributed by atoms with Crippen LogP contribution in [0.1, 0.15) is 30.6 Å². The molecule has 0 spiro atoms. The number of carbonyl (C=O) groups excluding carboxylic acids is 1. The zero-order valence-electron chi connectivity index (χ0n) is 15.5. The number of hydrogen-bond acceptors (Lipinski definition) is 4. The van der Waals surface area contributed by atoms with E-state index in [0.29, 0.717) is 37.6 Å². The van der Waals surface area contributed by atoms with Crippen LogP contribution in [0.15, 0.2) is 35.3 Å². The summed E-state index contributed by atoms with van der Waals surface area (Å²) in [7, 11) is -2.97. The van der Waals surface area contributed by atoms with Crippen molar-refractivity contribution in [1.82, 2.24) is 16.0 Å². The smallest absolute Gasteiger partial charge is 0.251 e. The van der Waals surface area contributed by atoms with Crippen molar-refractivity contribution in [2.45, 2.75) is 26.3 Å². The van der Waals surface area contributed by atoms with Gasteiger partial charge in [0.15, 0.2) is 5.96 Å². The zero-order chi connectivity index (χ0) is 18.7. The van der Waals surface area contributed by atoms with E-state index in [1.54, 1.807) is 12.1 Å². The first kappa shape index (κ1) is 24.6. The number of hydrogen-bond donors (Lipinski definition) is 3. The van der Waals surface area contributed by atoms with Crippen LogP contribution in [0, 0.1) is 0 Å². The molecule has 0 aliphatic rings. The quantitative estimate of drug-likeness (QED) is 0.208. The van der Waals surface area contributed by atoms with Gasteiger partial charge in [0.2, 0.25) is 0 Å². The van der Waals surface area contributed by atoms with E-state index in [1.807, 2.05) is 32.0 Å². The summed E-state index contributed by atoms with van der Waals surface area (Å²) in [5.74, 6) is 0.612. The predicted molar refractivity (Wildman–Crippen MR) is 117 cm³/mol. The fraction of sp³-hybridized carbons (Fsp3) is 0.529. The first-order valence-corrected chi connectivity index (χ1v) is 10.4. The minimum atomic E-state index is -2.97. The van der Waals surface area contributed by atoms with Gasteiger partial charge in [-0.15, -0.1) is 24.0 Å². The summed E-state index contributed by atoms with van der Waals surface area (Å²) in [6.07, 6.45) is 1.74. The molecule has 26 heavy (non-hydrogen) atoms. The van der Waals surface area contributed by atoms with Crippen molar-refractivity contribution >= 4 is 45.7 Å². The van der Waals surface area contributed by atoms with Crippen molar-refractivity contribution in [2.75, 3.05) is 31.6 Å². The number of aliphatic imine (C=N–C) groups is 1. The van der Waals surface area contributed by atoms with E-state index < -0.39 is 9.84 Å². The van der Waals surface area contributed by atoms with Crippen molar-refractivity contribution in [1.29, 1.82) is 0 Å². The third-order valence-electron chi connectivity index (χ3n) is 3.35. The molecule has 1 unspecified atom stereocenters. The van der Waals surface area contributed by atoms with Crippen LogP contribution < -0.4 is 16.0 Å². The maximum atomic E-state index is 11.9. The Morgan fingerprint density at radius 1 is 1.19 bits per heavy atom. The molecule has 1 aromatic rings. The van der Waals surface area contributed by atoms with Gasteiger partial charge >= 0.3 is 0 Å². The third-order valence-corrected chi connectivity index (χ3v) is 4.33. The molecular weight excluding hydrogens is 467 g/mol. The van der Waals surface area contributed by atoms with Crippen LogP contribution in [0.5, 0.6) is 0 Å². The summed E-state index contributed by atoms with van der Waals surface area (Å²) in [5, 5.41) is 9.09. The molecule has 0 fully saturated rings. The Balaban J connectivity index is 0.00000625. The second-order valence-corrected chi connectivity index (χ2v) is 8.11. The first-order chi connectivity index (χ1) is 11.8. The van der Waals surface area contributed by atoms with Gasteiger partial charge in [-0.2, -0.15) is 0 Å². The van der Waals surface area contributed by atoms with Crippen LogP contribution in [-0.4, -0.2) is 58.0 Å². The normalized spacial score (nSPS) is 12.7. The van der Waals surface area contributed by atoms with E-state index in [-0.39, 0.29) is 41.7 Å². The average Bonchev–Trinajstić information content (AvgIpc) is 2.57. The average molecular weight is 496 g/mol. The molecule has 0 heterocycles. The van der Waals surface area contributed by atoms with Crippen LogP contribution in [0.3, 0.4) is 0 Å². The molecule has 0 radical (unpaired) electrons. The zero-order valence-corrected chi connectivity index (χ0v) is 18.6. The topological polar surface area (TPSA) is 99.7 Å². The molecule has 0 aromatic heterocycles. The van der Waals surface area contributed by atoms with Crippen molar-refractivity contribution < 1.29 is 13.2 Å². The molecule has 9 heteroatoms. The summed E-state index contributed by atoms with van der Waals surface area (Å²) in [4.78, 5) is 16.3. The van der Waals surface area contributed by atoms with Crippen molar-refractivity contribution in [3.05, 3.63) is 35.9 Å². The van der Waals surface area contributed by atoms with Gasteiger partial charge in [0.05, 0.1) is 12.3 Å². The molecule has 0 aliphatic carbocycles. The maximum Gasteiger partial charge on any atom is 0.251 e. The number of nitrogens with zero attached hydrogens (tertiary/aromatic N) is 1. The molecule has 0 saturated carbocycles. The number of nitrogens with one attached hydrogen (secondary N) is 3. The van der Waals surface area contributed by atoms with Gasteiger partial charge < -0.3 is 16.0 Å². The molecule has 0 aliphatic heterocycles. The van der Waals surface area contributed by atoms with Gasteiger partial charge in [0.1, 0.15) is 9.84 Å². The highest BCUT2D eigenvalue weighted by Gasteiger charge is 2.09. The Morgan fingerprint density at radius 2 is 1.85 bits per heavy atom. The number of guanidine groups is 1. The molecule has 7 nitrogen and oxygen atoms in total. The van der Waals surface area contributed by atoms with E-state index in [4.69, 9.17) is 0 Å². The minimum Gasteiger partial charge on any atom is -0.357 e. The van der Waals surface area contributed by atoms with E-state index in [1.165, 1.54) is 6.26 Å². The second kappa shape index (κ2) is 12.9. The first-order valence-electron chi connectivity index (χ1n) is 8.37. The highest BCUT2D eigenvalue weighted by Crippen LogP contribution is 1.97. The molecule has 1 atom stereocenters. The molecule has 1 amide bonds. The summed E-state index contributed by atoms with van der Waals surface area (Å²) in [6, 6.07) is 8.99. The molecular formula is C17H29IN4O3S. The largest absolute Gasteiger partial charge is 0.357 e. The van der Waals surface area contributed by atoms with Gasteiger partial charge in [-0.3, -0.25) is 9.79 Å². The van der Waals surface area contributed by atoms with E-state index >= 15 is 0 Å². The van der Waals surface area contributed by atoms with E-state index in [2.05, 4.69) is 20.9 Å². The number of amides is 1. The van der Waals surface area contributed by atoms with Gasteiger partial charge in [-0.25, -0.2) is 8.42 Å². The summed E-state index contributed by atoms with van der Waals surface area (Å²) in [5.41, 5.74) is 0.617. The van der Waals surface area contributed by atoms with Crippen LogP contribution >= 0.6 is 24.0 Å². The lowest BCUT2D eigenvalue weighted by atomic mass is 10.2. The van der Waals surface area contributed by atoms with Gasteiger partial charge in [0, 0.05) is 31.0 Å². The Kier molecular flexibility index (Phi) is 12.2. The van der Waals surface area contributed by atoms with Crippen molar-refractivity contribution in [3.63, 3.8) is 0 Å². The van der Waals surface area contributed by atoms with Crippen LogP contribution in [-0.2, 0) is 9.84 Å². The summed E-state index contributed by atoms with van der Waals surface area (Å²) >= 11 is 0. The number of benzene rings is 1. The van der Waals surface area contributed by atoms with Crippen molar-refractivity contribution in [2.24, 2.45) is 4.99 Å². The highest BCUT2D eigenvalue weighted by atomic mass is 127. The van der Waals surface area contributed by atoms with E-state index in [9.17, 15) is 13.2 Å². The van der Waals surface area contributed by atoms with Gasteiger partial charge in [-0.1, -0.05) is 18.2 Å². The fourth-order valence-electron chi connectivity index (χ4n) is 2.05. The lowest BCUT2D eigenvalue weighted by Crippen LogP contribution is -2.43. The van der Waals surface area contributed by atoms with Crippen LogP contribution in [0.4, 0.5) is 0 Å². The molecule has 1 rings (SSSR count). The predicted octanol–water partition coefficient (Wildman–Crippen LogP) is 1.41. The Hall–Kier alpha value is -1.36. The lowest BCUT2D eigenvalue weighted by molar-refractivity contribution is 0.0955. The van der Waals surface area contributed by atoms with Crippen LogP contribution in [0.2, 0.25) is 0 Å². The number of carbonyl (C=O) groups is 1. The molecule has 0 bridgehead atoms. The molecule has 3 N–H and O–H groups in total. The van der Waals surface area contributed by atoms with Gasteiger partial charge in [-0.05, 0) is 32.4 Å². The number of sulfone groups is 1. The van der Waals surface area contributed by atoms with Gasteiger partial charge in [0.25, 0.3) is 5.91 Å². The molecule has 148 valence electrons. The third kappa shape index (κ3) is 11.3. The summed E-state index contributed by atoms with van der Waals surface area (Å²) in [6.45, 7) is 5.40.